The number of urea groups is 1. The molecule has 5 atom stereocenters. The number of likely N-dealkylation sites (tertiary alicyclic amines) is 1. The number of carbonyl (C=O) groups is 4. The maximum absolute atomic E-state index is 14.5. The van der Waals surface area contributed by atoms with Crippen LogP contribution >= 0.6 is 11.3 Å². The third-order valence-electron chi connectivity index (χ3n) is 10.9. The second-order valence-electron chi connectivity index (χ2n) is 17.3. The van der Waals surface area contributed by atoms with Gasteiger partial charge in [-0.3, -0.25) is 14.4 Å². The lowest BCUT2D eigenvalue weighted by Gasteiger charge is -2.39. The monoisotopic (exact) mass is 792 g/mol. The van der Waals surface area contributed by atoms with E-state index in [1.807, 2.05) is 34.6 Å². The molecule has 1 saturated heterocycles. The lowest BCUT2D eigenvalue weighted by molar-refractivity contribution is -0.144. The minimum absolute atomic E-state index is 0.00480. The Hall–Kier alpha value is -3.54. The fourth-order valence-corrected chi connectivity index (χ4v) is 10.6. The van der Waals surface area contributed by atoms with E-state index in [9.17, 15) is 36.0 Å². The van der Waals surface area contributed by atoms with Crippen LogP contribution in [0.3, 0.4) is 0 Å². The van der Waals surface area contributed by atoms with Gasteiger partial charge in [-0.1, -0.05) is 79.7 Å². The van der Waals surface area contributed by atoms with Gasteiger partial charge < -0.3 is 20.9 Å². The molecule has 0 radical (unpaired) electrons. The highest BCUT2D eigenvalue weighted by Gasteiger charge is 2.70. The van der Waals surface area contributed by atoms with Crippen molar-refractivity contribution in [3.63, 3.8) is 0 Å². The zero-order chi connectivity index (χ0) is 39.5. The SMILES string of the molecule is CN(C[C@@H](NC(=O)N[C@H](C(=O)N1CC2[C@@H]([C@H]1C(=O)NC1(C(=O)NS(=O)(=O)c3ccccc3)CC1)C2(C)C)C(C)(C)C)C(C)(C)C)S(=O)(=O)c1cccs1. The van der Waals surface area contributed by atoms with Crippen molar-refractivity contribution in [3.05, 3.63) is 47.8 Å². The molecule has 17 heteroatoms. The molecule has 3 fully saturated rings. The van der Waals surface area contributed by atoms with Crippen LogP contribution in [0.1, 0.15) is 68.2 Å². The molecular formula is C36H52N6O8S3. The van der Waals surface area contributed by atoms with Crippen LogP contribution in [-0.4, -0.2) is 93.6 Å². The Labute approximate surface area is 316 Å². The molecule has 1 unspecified atom stereocenters. The number of amides is 5. The lowest BCUT2D eigenvalue weighted by Crippen LogP contribution is -2.63. The number of piperidine rings is 1. The van der Waals surface area contributed by atoms with Gasteiger partial charge in [0.05, 0.1) is 4.90 Å². The highest BCUT2D eigenvalue weighted by atomic mass is 32.2. The van der Waals surface area contributed by atoms with Gasteiger partial charge in [-0.25, -0.2) is 26.4 Å². The summed E-state index contributed by atoms with van der Waals surface area (Å²) in [5.41, 5.74) is -3.07. The van der Waals surface area contributed by atoms with Gasteiger partial charge in [-0.05, 0) is 64.5 Å². The summed E-state index contributed by atoms with van der Waals surface area (Å²) in [7, 11) is -6.51. The predicted octanol–water partition coefficient (Wildman–Crippen LogP) is 3.13. The molecule has 0 bridgehead atoms. The molecule has 5 amide bonds. The largest absolute Gasteiger partial charge is 0.340 e. The predicted molar refractivity (Wildman–Crippen MR) is 200 cm³/mol. The van der Waals surface area contributed by atoms with E-state index >= 15 is 0 Å². The number of thiophene rings is 1. The van der Waals surface area contributed by atoms with Crippen molar-refractivity contribution in [2.45, 2.75) is 101 Å². The van der Waals surface area contributed by atoms with E-state index in [-0.39, 0.29) is 52.3 Å². The average molecular weight is 793 g/mol. The van der Waals surface area contributed by atoms with Crippen LogP contribution in [0.4, 0.5) is 4.79 Å². The maximum Gasteiger partial charge on any atom is 0.315 e. The number of benzene rings is 1. The molecule has 0 spiro atoms. The number of rotatable bonds is 12. The molecule has 2 aromatic rings. The average Bonchev–Trinajstić information content (AvgIpc) is 3.68. The normalized spacial score (nSPS) is 23.0. The van der Waals surface area contributed by atoms with Crippen molar-refractivity contribution in [2.24, 2.45) is 28.1 Å². The third-order valence-corrected chi connectivity index (χ3v) is 15.5. The van der Waals surface area contributed by atoms with E-state index in [0.29, 0.717) is 0 Å². The molecule has 2 aliphatic carbocycles. The molecule has 4 N–H and O–H groups in total. The number of likely N-dealkylation sites (N-methyl/N-ethyl adjacent to an activating group) is 1. The first-order valence-electron chi connectivity index (χ1n) is 17.6. The summed E-state index contributed by atoms with van der Waals surface area (Å²) in [5, 5.41) is 10.2. The van der Waals surface area contributed by atoms with Crippen LogP contribution in [0.15, 0.2) is 56.9 Å². The van der Waals surface area contributed by atoms with Gasteiger partial charge in [0.1, 0.15) is 21.8 Å². The maximum atomic E-state index is 14.5. The van der Waals surface area contributed by atoms with Crippen LogP contribution < -0.4 is 20.7 Å². The molecule has 1 aromatic carbocycles. The molecule has 1 aromatic heterocycles. The second kappa shape index (κ2) is 13.9. The van der Waals surface area contributed by atoms with E-state index in [0.717, 1.165) is 11.3 Å². The van der Waals surface area contributed by atoms with Crippen molar-refractivity contribution < 1.29 is 36.0 Å². The molecular weight excluding hydrogens is 741 g/mol. The van der Waals surface area contributed by atoms with E-state index in [1.54, 1.807) is 38.3 Å². The number of fused-ring (bicyclic) bond motifs is 1. The molecule has 14 nitrogen and oxygen atoms in total. The van der Waals surface area contributed by atoms with Gasteiger partial charge in [0.25, 0.3) is 26.0 Å². The Balaban J connectivity index is 1.31. The van der Waals surface area contributed by atoms with Crippen molar-refractivity contribution in [3.8, 4) is 0 Å². The Morgan fingerprint density at radius 2 is 1.55 bits per heavy atom. The third kappa shape index (κ3) is 8.27. The van der Waals surface area contributed by atoms with Gasteiger partial charge in [0, 0.05) is 26.2 Å². The number of hydrogen-bond acceptors (Lipinski definition) is 9. The van der Waals surface area contributed by atoms with Gasteiger partial charge in [-0.15, -0.1) is 11.3 Å². The highest BCUT2D eigenvalue weighted by Crippen LogP contribution is 2.65. The van der Waals surface area contributed by atoms with E-state index in [4.69, 9.17) is 0 Å². The zero-order valence-corrected chi connectivity index (χ0v) is 34.2. The summed E-state index contributed by atoms with van der Waals surface area (Å²) in [6.45, 7) is 15.3. The lowest BCUT2D eigenvalue weighted by atomic mass is 9.85. The number of sulfonamides is 2. The van der Waals surface area contributed by atoms with Gasteiger partial charge in [0.2, 0.25) is 11.8 Å². The fourth-order valence-electron chi connectivity index (χ4n) is 7.14. The second-order valence-corrected chi connectivity index (χ2v) is 22.2. The summed E-state index contributed by atoms with van der Waals surface area (Å²) in [4.78, 5) is 57.0. The number of nitrogens with one attached hydrogen (secondary N) is 4. The van der Waals surface area contributed by atoms with E-state index in [1.165, 1.54) is 46.6 Å². The number of nitrogens with zero attached hydrogens (tertiary/aromatic N) is 2. The summed E-state index contributed by atoms with van der Waals surface area (Å²) < 4.78 is 55.6. The van der Waals surface area contributed by atoms with Gasteiger partial charge >= 0.3 is 6.03 Å². The topological polar surface area (TPSA) is 191 Å². The van der Waals surface area contributed by atoms with Gasteiger partial charge in [-0.2, -0.15) is 4.31 Å². The molecule has 3 aliphatic rings. The fraction of sp³-hybridized carbons (Fsp3) is 0.611. The summed E-state index contributed by atoms with van der Waals surface area (Å²) in [5.74, 6) is -2.07. The molecule has 53 heavy (non-hydrogen) atoms. The molecule has 292 valence electrons. The minimum atomic E-state index is -4.18. The summed E-state index contributed by atoms with van der Waals surface area (Å²) in [6, 6.07) is 7.29. The van der Waals surface area contributed by atoms with Crippen LogP contribution in [0.5, 0.6) is 0 Å². The van der Waals surface area contributed by atoms with Crippen LogP contribution in [0, 0.1) is 28.1 Å². The number of carbonyl (C=O) groups excluding carboxylic acids is 4. The van der Waals surface area contributed by atoms with Gasteiger partial charge in [0.15, 0.2) is 0 Å². The van der Waals surface area contributed by atoms with Crippen molar-refractivity contribution in [1.29, 1.82) is 0 Å². The van der Waals surface area contributed by atoms with Crippen molar-refractivity contribution in [2.75, 3.05) is 20.1 Å². The number of hydrogen-bond donors (Lipinski definition) is 4. The van der Waals surface area contributed by atoms with Crippen LogP contribution in [-0.2, 0) is 34.4 Å². The first kappa shape index (κ1) is 40.6. The van der Waals surface area contributed by atoms with Crippen molar-refractivity contribution >= 4 is 55.1 Å². The Kier molecular flexibility index (Phi) is 10.7. The first-order valence-corrected chi connectivity index (χ1v) is 21.4. The Bertz CT molecular complexity index is 1950. The zero-order valence-electron chi connectivity index (χ0n) is 31.7. The summed E-state index contributed by atoms with van der Waals surface area (Å²) >= 11 is 1.10. The molecule has 2 heterocycles. The highest BCUT2D eigenvalue weighted by molar-refractivity contribution is 7.91. The van der Waals surface area contributed by atoms with Crippen molar-refractivity contribution in [1.82, 2.24) is 29.9 Å². The standard InChI is InChI=1S/C36H52N6O8S3/c1-33(2,3)24(21-41(9)53(49,50)25-16-13-19-51-25)37-32(46)38-28(34(4,5)6)30(44)42-20-23-26(35(23,7)8)27(42)29(43)39-36(17-18-36)31(45)40-52(47,48)22-14-11-10-12-15-22/h10-16,19,23-24,26-28H,17-18,20-21H2,1-9H3,(H,39,43)(H,40,45)(H2,37,38,46)/t23?,24-,26+,27+,28-/m1/s1. The minimum Gasteiger partial charge on any atom is -0.340 e. The Morgan fingerprint density at radius 1 is 0.925 bits per heavy atom. The van der Waals surface area contributed by atoms with E-state index < -0.39 is 78.3 Å². The van der Waals surface area contributed by atoms with Crippen LogP contribution in [0.2, 0.25) is 0 Å². The smallest absolute Gasteiger partial charge is 0.315 e. The van der Waals surface area contributed by atoms with Crippen LogP contribution in [0.25, 0.3) is 0 Å². The molecule has 2 saturated carbocycles. The first-order chi connectivity index (χ1) is 24.3. The van der Waals surface area contributed by atoms with E-state index in [2.05, 4.69) is 20.7 Å². The summed E-state index contributed by atoms with van der Waals surface area (Å²) in [6.07, 6.45) is 0.469. The Morgan fingerprint density at radius 3 is 2.08 bits per heavy atom. The molecule has 1 aliphatic heterocycles. The quantitative estimate of drug-likeness (QED) is 0.252. The molecule has 5 rings (SSSR count).